The standard InChI is InChI=1S/C65H106O6/c1-4-7-10-13-16-19-22-25-28-30-32-34-37-39-42-45-48-51-54-57-63(66)69-60-62(71-65(68)59-56-53-50-47-44-41-36-27-24-21-18-15-12-9-6-3)61-70-64(67)58-55-52-49-46-43-40-38-35-33-31-29-26-23-20-17-14-11-8-5-2/h7,10,16-17,19-20,25-26,28-29,32-35,39-40,42-43,48,51,62H,4-6,8-9,11-15,18,21-24,27,30-31,36-38,41,44-47,49-50,52-61H2,1-3H3/b10-7-,19-16-,20-17-,28-25-,29-26-,34-32-,35-33-,42-39-,43-40-,51-48-/t62-/m1/s1. The van der Waals surface area contributed by atoms with Gasteiger partial charge in [0.2, 0.25) is 0 Å². The molecule has 0 aliphatic carbocycles. The average Bonchev–Trinajstić information content (AvgIpc) is 3.37. The maximum Gasteiger partial charge on any atom is 0.306 e. The summed E-state index contributed by atoms with van der Waals surface area (Å²) in [6.07, 6.45) is 80.5. The Hall–Kier alpha value is -4.19. The Labute approximate surface area is 437 Å². The lowest BCUT2D eigenvalue weighted by molar-refractivity contribution is -0.166. The summed E-state index contributed by atoms with van der Waals surface area (Å²) in [5.74, 6) is -1.03. The third kappa shape index (κ3) is 56.6. The summed E-state index contributed by atoms with van der Waals surface area (Å²) < 4.78 is 16.8. The Balaban J connectivity index is 4.56. The van der Waals surface area contributed by atoms with Crippen LogP contribution >= 0.6 is 0 Å². The second kappa shape index (κ2) is 58.4. The fraction of sp³-hybridized carbons (Fsp3) is 0.646. The molecule has 0 N–H and O–H groups in total. The van der Waals surface area contributed by atoms with Gasteiger partial charge in [0.15, 0.2) is 6.10 Å². The molecule has 1 atom stereocenters. The van der Waals surface area contributed by atoms with E-state index in [1.165, 1.54) is 103 Å². The summed E-state index contributed by atoms with van der Waals surface area (Å²) in [5, 5.41) is 0. The van der Waals surface area contributed by atoms with E-state index >= 15 is 0 Å². The molecular weight excluding hydrogens is 877 g/mol. The van der Waals surface area contributed by atoms with Crippen molar-refractivity contribution in [2.24, 2.45) is 0 Å². The van der Waals surface area contributed by atoms with Crippen molar-refractivity contribution >= 4 is 17.9 Å². The topological polar surface area (TPSA) is 78.9 Å². The third-order valence-corrected chi connectivity index (χ3v) is 12.0. The molecule has 0 bridgehead atoms. The fourth-order valence-electron chi connectivity index (χ4n) is 7.63. The number of carbonyl (C=O) groups is 3. The van der Waals surface area contributed by atoms with Crippen LogP contribution in [0.4, 0.5) is 0 Å². The van der Waals surface area contributed by atoms with Crippen molar-refractivity contribution in [2.75, 3.05) is 13.2 Å². The van der Waals surface area contributed by atoms with Crippen molar-refractivity contribution in [3.8, 4) is 0 Å². The van der Waals surface area contributed by atoms with E-state index < -0.39 is 6.10 Å². The Kier molecular flexibility index (Phi) is 54.9. The van der Waals surface area contributed by atoms with Gasteiger partial charge < -0.3 is 14.2 Å². The first-order chi connectivity index (χ1) is 35.0. The molecule has 0 amide bonds. The van der Waals surface area contributed by atoms with Crippen LogP contribution in [0, 0.1) is 0 Å². The van der Waals surface area contributed by atoms with Gasteiger partial charge in [0.1, 0.15) is 13.2 Å². The normalized spacial score (nSPS) is 13.0. The van der Waals surface area contributed by atoms with Crippen LogP contribution in [0.1, 0.15) is 252 Å². The molecule has 0 saturated carbocycles. The Bertz CT molecular complexity index is 1500. The molecule has 0 aromatic heterocycles. The van der Waals surface area contributed by atoms with Crippen LogP contribution < -0.4 is 0 Å². The van der Waals surface area contributed by atoms with E-state index in [-0.39, 0.29) is 37.5 Å². The van der Waals surface area contributed by atoms with Crippen LogP contribution in [0.2, 0.25) is 0 Å². The van der Waals surface area contributed by atoms with Gasteiger partial charge in [-0.2, -0.15) is 0 Å². The van der Waals surface area contributed by atoms with E-state index in [0.29, 0.717) is 19.3 Å². The zero-order valence-corrected chi connectivity index (χ0v) is 45.9. The quantitative estimate of drug-likeness (QED) is 0.0261. The average molecular weight is 984 g/mol. The number of unbranched alkanes of at least 4 members (excludes halogenated alkanes) is 20. The molecule has 0 aliphatic rings. The molecule has 0 rings (SSSR count). The smallest absolute Gasteiger partial charge is 0.306 e. The number of hydrogen-bond acceptors (Lipinski definition) is 6. The maximum absolute atomic E-state index is 12.9. The van der Waals surface area contributed by atoms with Crippen LogP contribution in [0.5, 0.6) is 0 Å². The van der Waals surface area contributed by atoms with Crippen molar-refractivity contribution in [1.82, 2.24) is 0 Å². The summed E-state index contributed by atoms with van der Waals surface area (Å²) >= 11 is 0. The first-order valence-electron chi connectivity index (χ1n) is 29.0. The van der Waals surface area contributed by atoms with E-state index in [1.807, 2.05) is 6.08 Å². The van der Waals surface area contributed by atoms with Crippen LogP contribution in [0.15, 0.2) is 122 Å². The first kappa shape index (κ1) is 66.8. The first-order valence-corrected chi connectivity index (χ1v) is 29.0. The van der Waals surface area contributed by atoms with Gasteiger partial charge in [0, 0.05) is 19.3 Å². The zero-order valence-electron chi connectivity index (χ0n) is 45.9. The third-order valence-electron chi connectivity index (χ3n) is 12.0. The lowest BCUT2D eigenvalue weighted by Gasteiger charge is -2.18. The molecule has 402 valence electrons. The predicted octanol–water partition coefficient (Wildman–Crippen LogP) is 19.6. The highest BCUT2D eigenvalue weighted by Gasteiger charge is 2.19. The number of esters is 3. The minimum absolute atomic E-state index is 0.119. The minimum Gasteiger partial charge on any atom is -0.462 e. The number of allylic oxidation sites excluding steroid dienone is 20. The van der Waals surface area contributed by atoms with Gasteiger partial charge in [-0.1, -0.05) is 251 Å². The highest BCUT2D eigenvalue weighted by atomic mass is 16.6. The number of ether oxygens (including phenoxy) is 3. The molecule has 0 aliphatic heterocycles. The van der Waals surface area contributed by atoms with Crippen LogP contribution in [-0.4, -0.2) is 37.2 Å². The van der Waals surface area contributed by atoms with Crippen LogP contribution in [0.3, 0.4) is 0 Å². The summed E-state index contributed by atoms with van der Waals surface area (Å²) in [7, 11) is 0. The summed E-state index contributed by atoms with van der Waals surface area (Å²) in [6, 6.07) is 0. The maximum atomic E-state index is 12.9. The van der Waals surface area contributed by atoms with E-state index in [1.54, 1.807) is 0 Å². The Morgan fingerprint density at radius 1 is 0.296 bits per heavy atom. The van der Waals surface area contributed by atoms with Gasteiger partial charge >= 0.3 is 17.9 Å². The molecule has 0 aromatic carbocycles. The summed E-state index contributed by atoms with van der Waals surface area (Å²) in [6.45, 7) is 6.41. The minimum atomic E-state index is -0.824. The van der Waals surface area contributed by atoms with Gasteiger partial charge in [0.25, 0.3) is 0 Å². The predicted molar refractivity (Wildman–Crippen MR) is 306 cm³/mol. The fourth-order valence-corrected chi connectivity index (χ4v) is 7.63. The molecule has 0 aromatic rings. The molecule has 0 heterocycles. The second-order valence-electron chi connectivity index (χ2n) is 18.8. The van der Waals surface area contributed by atoms with E-state index in [0.717, 1.165) is 103 Å². The van der Waals surface area contributed by atoms with Crippen molar-refractivity contribution < 1.29 is 28.6 Å². The molecule has 0 saturated heterocycles. The lowest BCUT2D eigenvalue weighted by atomic mass is 10.0. The van der Waals surface area contributed by atoms with Gasteiger partial charge in [-0.15, -0.1) is 0 Å². The summed E-state index contributed by atoms with van der Waals surface area (Å²) in [5.41, 5.74) is 0. The van der Waals surface area contributed by atoms with Crippen molar-refractivity contribution in [2.45, 2.75) is 258 Å². The van der Waals surface area contributed by atoms with Crippen LogP contribution in [-0.2, 0) is 28.6 Å². The SMILES string of the molecule is CC/C=C\C/C=C\C/C=C\C/C=C\C/C=C\C/C=C\CCC(=O)OC[C@H](COC(=O)CCCCC/C=C\C/C=C\C/C=C\C/C=C\CCCCC)OC(=O)CCCCCCCCCCCCCCCCC. The molecule has 71 heavy (non-hydrogen) atoms. The highest BCUT2D eigenvalue weighted by molar-refractivity contribution is 5.71. The van der Waals surface area contributed by atoms with Crippen LogP contribution in [0.25, 0.3) is 0 Å². The number of rotatable bonds is 51. The largest absolute Gasteiger partial charge is 0.462 e. The molecule has 0 radical (unpaired) electrons. The van der Waals surface area contributed by atoms with Gasteiger partial charge in [0.05, 0.1) is 0 Å². The van der Waals surface area contributed by atoms with Crippen molar-refractivity contribution in [3.63, 3.8) is 0 Å². The Morgan fingerprint density at radius 3 is 0.972 bits per heavy atom. The van der Waals surface area contributed by atoms with Crippen molar-refractivity contribution in [3.05, 3.63) is 122 Å². The van der Waals surface area contributed by atoms with Gasteiger partial charge in [-0.05, 0) is 103 Å². The Morgan fingerprint density at radius 2 is 0.577 bits per heavy atom. The van der Waals surface area contributed by atoms with Gasteiger partial charge in [-0.3, -0.25) is 14.4 Å². The van der Waals surface area contributed by atoms with E-state index in [9.17, 15) is 14.4 Å². The summed E-state index contributed by atoms with van der Waals surface area (Å²) in [4.78, 5) is 38.1. The molecule has 0 spiro atoms. The monoisotopic (exact) mass is 983 g/mol. The molecule has 6 nitrogen and oxygen atoms in total. The number of carbonyl (C=O) groups excluding carboxylic acids is 3. The zero-order chi connectivity index (χ0) is 51.4. The number of hydrogen-bond donors (Lipinski definition) is 0. The van der Waals surface area contributed by atoms with Crippen molar-refractivity contribution in [1.29, 1.82) is 0 Å². The lowest BCUT2D eigenvalue weighted by Crippen LogP contribution is -2.30. The molecule has 0 unspecified atom stereocenters. The van der Waals surface area contributed by atoms with Gasteiger partial charge in [-0.25, -0.2) is 0 Å². The highest BCUT2D eigenvalue weighted by Crippen LogP contribution is 2.15. The molecule has 0 fully saturated rings. The van der Waals surface area contributed by atoms with E-state index in [4.69, 9.17) is 14.2 Å². The van der Waals surface area contributed by atoms with E-state index in [2.05, 4.69) is 136 Å². The molecular formula is C65H106O6. The second-order valence-corrected chi connectivity index (χ2v) is 18.8. The molecule has 6 heteroatoms.